The highest BCUT2D eigenvalue weighted by Crippen LogP contribution is 2.49. The van der Waals surface area contributed by atoms with Crippen molar-refractivity contribution in [2.75, 3.05) is 19.7 Å². The van der Waals surface area contributed by atoms with Gasteiger partial charge in [0.1, 0.15) is 6.10 Å². The molecule has 19 heavy (non-hydrogen) atoms. The van der Waals surface area contributed by atoms with Crippen molar-refractivity contribution in [1.29, 1.82) is 0 Å². The molecule has 1 aliphatic heterocycles. The van der Waals surface area contributed by atoms with Gasteiger partial charge in [-0.25, -0.2) is 0 Å². The number of carbonyl (C=O) groups excluding carboxylic acids is 1. The molecule has 5 unspecified atom stereocenters. The third-order valence-corrected chi connectivity index (χ3v) is 5.02. The van der Waals surface area contributed by atoms with Crippen molar-refractivity contribution in [3.63, 3.8) is 0 Å². The van der Waals surface area contributed by atoms with Gasteiger partial charge >= 0.3 is 0 Å². The lowest BCUT2D eigenvalue weighted by molar-refractivity contribution is -0.135. The topological polar surface area (TPSA) is 50.4 Å². The fourth-order valence-corrected chi connectivity index (χ4v) is 4.06. The zero-order valence-electron chi connectivity index (χ0n) is 11.6. The maximum Gasteiger partial charge on any atom is 0.250 e. The minimum atomic E-state index is -0.292. The van der Waals surface area contributed by atoms with Gasteiger partial charge in [0.25, 0.3) is 5.91 Å². The summed E-state index contributed by atoms with van der Waals surface area (Å²) in [6.07, 6.45) is 5.20. The van der Waals surface area contributed by atoms with E-state index in [1.807, 2.05) is 0 Å². The molecule has 2 bridgehead atoms. The Balaban J connectivity index is 0.00000133. The molecule has 0 aromatic heterocycles. The van der Waals surface area contributed by atoms with Crippen LogP contribution in [0.15, 0.2) is 0 Å². The van der Waals surface area contributed by atoms with Gasteiger partial charge in [-0.15, -0.1) is 12.4 Å². The number of hydrogen-bond acceptors (Lipinski definition) is 3. The first-order valence-electron chi connectivity index (χ1n) is 7.36. The van der Waals surface area contributed by atoms with E-state index < -0.39 is 0 Å². The third-order valence-electron chi connectivity index (χ3n) is 5.02. The smallest absolute Gasteiger partial charge is 0.250 e. The highest BCUT2D eigenvalue weighted by molar-refractivity contribution is 5.85. The van der Waals surface area contributed by atoms with E-state index in [9.17, 15) is 4.79 Å². The molecule has 110 valence electrons. The quantitative estimate of drug-likeness (QED) is 0.824. The molecule has 0 spiro atoms. The minimum absolute atomic E-state index is 0. The Hall–Kier alpha value is -0.320. The molecule has 0 radical (unpaired) electrons. The monoisotopic (exact) mass is 288 g/mol. The predicted octanol–water partition coefficient (Wildman–Crippen LogP) is 1.34. The summed E-state index contributed by atoms with van der Waals surface area (Å²) in [5.74, 6) is 2.56. The summed E-state index contributed by atoms with van der Waals surface area (Å²) in [5, 5.41) is 6.37. The number of amides is 1. The first-order valence-corrected chi connectivity index (χ1v) is 7.36. The van der Waals surface area contributed by atoms with Gasteiger partial charge in [-0.1, -0.05) is 6.42 Å². The van der Waals surface area contributed by atoms with Gasteiger partial charge in [0.15, 0.2) is 0 Å². The lowest BCUT2D eigenvalue weighted by Crippen LogP contribution is -2.51. The third kappa shape index (κ3) is 3.23. The lowest BCUT2D eigenvalue weighted by Gasteiger charge is -2.30. The van der Waals surface area contributed by atoms with Crippen LogP contribution in [0.25, 0.3) is 0 Å². The van der Waals surface area contributed by atoms with Crippen LogP contribution < -0.4 is 10.6 Å². The summed E-state index contributed by atoms with van der Waals surface area (Å²) in [6, 6.07) is 0.304. The maximum atomic E-state index is 12.1. The van der Waals surface area contributed by atoms with Gasteiger partial charge in [0, 0.05) is 19.1 Å². The zero-order valence-corrected chi connectivity index (χ0v) is 12.4. The average Bonchev–Trinajstić information content (AvgIpc) is 3.02. The highest BCUT2D eigenvalue weighted by Gasteiger charge is 2.42. The molecule has 2 saturated carbocycles. The van der Waals surface area contributed by atoms with E-state index in [1.54, 1.807) is 0 Å². The number of ether oxygens (including phenoxy) is 1. The van der Waals surface area contributed by atoms with Crippen LogP contribution in [-0.2, 0) is 9.53 Å². The zero-order chi connectivity index (χ0) is 12.5. The second-order valence-corrected chi connectivity index (χ2v) is 6.20. The van der Waals surface area contributed by atoms with Gasteiger partial charge in [0.05, 0.1) is 6.61 Å². The first-order chi connectivity index (χ1) is 8.74. The molecule has 5 heteroatoms. The fourth-order valence-electron chi connectivity index (χ4n) is 4.06. The van der Waals surface area contributed by atoms with Crippen LogP contribution in [0.5, 0.6) is 0 Å². The molecule has 1 saturated heterocycles. The number of nitrogens with one attached hydrogen (secondary N) is 2. The van der Waals surface area contributed by atoms with Crippen LogP contribution in [0.4, 0.5) is 0 Å². The van der Waals surface area contributed by atoms with E-state index in [0.717, 1.165) is 18.4 Å². The molecule has 3 fully saturated rings. The van der Waals surface area contributed by atoms with Crippen molar-refractivity contribution in [3.05, 3.63) is 0 Å². The number of halogens is 1. The average molecular weight is 289 g/mol. The Labute approximate surface area is 121 Å². The van der Waals surface area contributed by atoms with Gasteiger partial charge in [-0.05, 0) is 43.9 Å². The van der Waals surface area contributed by atoms with Crippen molar-refractivity contribution in [2.24, 2.45) is 17.8 Å². The molecule has 5 atom stereocenters. The number of rotatable bonds is 3. The van der Waals surface area contributed by atoms with Crippen LogP contribution in [0.3, 0.4) is 0 Å². The summed E-state index contributed by atoms with van der Waals surface area (Å²) < 4.78 is 5.49. The molecule has 3 aliphatic rings. The van der Waals surface area contributed by atoms with Crippen LogP contribution in [0, 0.1) is 17.8 Å². The van der Waals surface area contributed by atoms with Crippen molar-refractivity contribution in [3.8, 4) is 0 Å². The molecular formula is C14H25ClN2O2. The van der Waals surface area contributed by atoms with E-state index in [4.69, 9.17) is 4.74 Å². The maximum absolute atomic E-state index is 12.1. The first kappa shape index (κ1) is 15.1. The number of morpholine rings is 1. The standard InChI is InChI=1S/C14H24N2O2.ClH/c1-9(12-7-10-2-3-11(12)6-10)16-14(17)13-8-15-4-5-18-13;/h9-13,15H,2-8H2,1H3,(H,16,17);1H. The Morgan fingerprint density at radius 1 is 1.37 bits per heavy atom. The van der Waals surface area contributed by atoms with Crippen molar-refractivity contribution >= 4 is 18.3 Å². The Morgan fingerprint density at radius 3 is 2.79 bits per heavy atom. The summed E-state index contributed by atoms with van der Waals surface area (Å²) in [7, 11) is 0. The molecular weight excluding hydrogens is 264 g/mol. The number of hydrogen-bond donors (Lipinski definition) is 2. The summed E-state index contributed by atoms with van der Waals surface area (Å²) in [4.78, 5) is 12.1. The highest BCUT2D eigenvalue weighted by atomic mass is 35.5. The van der Waals surface area contributed by atoms with E-state index in [-0.39, 0.29) is 24.4 Å². The second kappa shape index (κ2) is 6.42. The molecule has 1 amide bonds. The molecule has 2 N–H and O–H groups in total. The molecule has 1 heterocycles. The van der Waals surface area contributed by atoms with Gasteiger partial charge in [-0.3, -0.25) is 4.79 Å². The second-order valence-electron chi connectivity index (χ2n) is 6.20. The Bertz CT molecular complexity index is 321. The predicted molar refractivity (Wildman–Crippen MR) is 76.4 cm³/mol. The van der Waals surface area contributed by atoms with E-state index in [2.05, 4.69) is 17.6 Å². The molecule has 0 aromatic carbocycles. The number of fused-ring (bicyclic) bond motifs is 2. The lowest BCUT2D eigenvalue weighted by atomic mass is 9.84. The summed E-state index contributed by atoms with van der Waals surface area (Å²) in [6.45, 7) is 4.31. The minimum Gasteiger partial charge on any atom is -0.366 e. The van der Waals surface area contributed by atoms with E-state index in [0.29, 0.717) is 25.1 Å². The largest absolute Gasteiger partial charge is 0.366 e. The van der Waals surface area contributed by atoms with Gasteiger partial charge in [0.2, 0.25) is 0 Å². The van der Waals surface area contributed by atoms with Gasteiger partial charge < -0.3 is 15.4 Å². The molecule has 4 nitrogen and oxygen atoms in total. The summed E-state index contributed by atoms with van der Waals surface area (Å²) >= 11 is 0. The SMILES string of the molecule is CC(NC(=O)C1CNCCO1)C1CC2CCC1C2.Cl. The Kier molecular flexibility index (Phi) is 5.09. The molecule has 0 aromatic rings. The van der Waals surface area contributed by atoms with E-state index in [1.165, 1.54) is 25.7 Å². The molecule has 3 rings (SSSR count). The Morgan fingerprint density at radius 2 is 2.21 bits per heavy atom. The van der Waals surface area contributed by atoms with Gasteiger partial charge in [-0.2, -0.15) is 0 Å². The van der Waals surface area contributed by atoms with Crippen molar-refractivity contribution in [2.45, 2.75) is 44.8 Å². The van der Waals surface area contributed by atoms with Crippen LogP contribution in [-0.4, -0.2) is 37.7 Å². The van der Waals surface area contributed by atoms with Crippen LogP contribution >= 0.6 is 12.4 Å². The van der Waals surface area contributed by atoms with Crippen LogP contribution in [0.1, 0.15) is 32.6 Å². The van der Waals surface area contributed by atoms with E-state index >= 15 is 0 Å². The summed E-state index contributed by atoms with van der Waals surface area (Å²) in [5.41, 5.74) is 0. The van der Waals surface area contributed by atoms with Crippen LogP contribution in [0.2, 0.25) is 0 Å². The normalized spacial score (nSPS) is 38.6. The molecule has 2 aliphatic carbocycles. The van der Waals surface area contributed by atoms with Crippen molar-refractivity contribution in [1.82, 2.24) is 10.6 Å². The fraction of sp³-hybridized carbons (Fsp3) is 0.929. The van der Waals surface area contributed by atoms with Crippen molar-refractivity contribution < 1.29 is 9.53 Å². The number of carbonyl (C=O) groups is 1.